The molecule has 0 saturated carbocycles. The normalized spacial score (nSPS) is 12.3. The van der Waals surface area contributed by atoms with Gasteiger partial charge in [-0.05, 0) is 6.42 Å². The second-order valence-electron chi connectivity index (χ2n) is 2.96. The minimum atomic E-state index is -0.993. The molecular formula is C7H10N4O4. The van der Waals surface area contributed by atoms with Crippen LogP contribution in [-0.2, 0) is 4.79 Å². The van der Waals surface area contributed by atoms with E-state index in [1.807, 2.05) is 0 Å². The smallest absolute Gasteiger partial charge is 0.311 e. The summed E-state index contributed by atoms with van der Waals surface area (Å²) in [4.78, 5) is 20.2. The zero-order valence-corrected chi connectivity index (χ0v) is 7.71. The Kier molecular flexibility index (Phi) is 3.34. The number of carboxylic acids is 1. The maximum atomic E-state index is 10.5. The number of nitrogens with zero attached hydrogens (tertiary/aromatic N) is 2. The van der Waals surface area contributed by atoms with E-state index in [1.54, 1.807) is 0 Å². The number of nitro groups is 1. The molecule has 82 valence electrons. The zero-order valence-electron chi connectivity index (χ0n) is 7.71. The predicted octanol–water partition coefficient (Wildman–Crippen LogP) is 0.182. The van der Waals surface area contributed by atoms with Gasteiger partial charge in [-0.15, -0.1) is 0 Å². The zero-order chi connectivity index (χ0) is 11.4. The molecule has 0 aliphatic carbocycles. The van der Waals surface area contributed by atoms with Gasteiger partial charge in [0.05, 0.1) is 11.0 Å². The van der Waals surface area contributed by atoms with Crippen molar-refractivity contribution in [1.82, 2.24) is 10.2 Å². The van der Waals surface area contributed by atoms with Crippen LogP contribution < -0.4 is 5.73 Å². The molecule has 1 aromatic heterocycles. The highest BCUT2D eigenvalue weighted by Gasteiger charge is 2.22. The average molecular weight is 214 g/mol. The first-order chi connectivity index (χ1) is 7.02. The summed E-state index contributed by atoms with van der Waals surface area (Å²) in [6.07, 6.45) is 1.03. The first-order valence-corrected chi connectivity index (χ1v) is 4.17. The van der Waals surface area contributed by atoms with E-state index in [2.05, 4.69) is 10.2 Å². The van der Waals surface area contributed by atoms with E-state index in [4.69, 9.17) is 10.8 Å². The summed E-state index contributed by atoms with van der Waals surface area (Å²) in [7, 11) is 0. The molecular weight excluding hydrogens is 204 g/mol. The largest absolute Gasteiger partial charge is 0.481 e. The van der Waals surface area contributed by atoms with Gasteiger partial charge < -0.3 is 10.8 Å². The molecule has 0 aliphatic rings. The van der Waals surface area contributed by atoms with Crippen LogP contribution in [0.15, 0.2) is 6.20 Å². The van der Waals surface area contributed by atoms with Crippen molar-refractivity contribution in [3.8, 4) is 0 Å². The van der Waals surface area contributed by atoms with Gasteiger partial charge in [-0.3, -0.25) is 20.0 Å². The molecule has 4 N–H and O–H groups in total. The molecule has 0 amide bonds. The first kappa shape index (κ1) is 11.1. The molecule has 1 atom stereocenters. The third kappa shape index (κ3) is 2.74. The SMILES string of the molecule is NC(CCC(=O)O)c1[nH]ncc1[N+](=O)[O-]. The first-order valence-electron chi connectivity index (χ1n) is 4.17. The summed E-state index contributed by atoms with van der Waals surface area (Å²) in [6.45, 7) is 0. The van der Waals surface area contributed by atoms with E-state index in [1.165, 1.54) is 0 Å². The lowest BCUT2D eigenvalue weighted by molar-refractivity contribution is -0.385. The minimum Gasteiger partial charge on any atom is -0.481 e. The Balaban J connectivity index is 2.73. The molecule has 15 heavy (non-hydrogen) atoms. The third-order valence-corrected chi connectivity index (χ3v) is 1.88. The Labute approximate surface area is 84.2 Å². The van der Waals surface area contributed by atoms with Crippen molar-refractivity contribution >= 4 is 11.7 Å². The van der Waals surface area contributed by atoms with E-state index in [0.29, 0.717) is 0 Å². The number of rotatable bonds is 5. The molecule has 1 unspecified atom stereocenters. The Morgan fingerprint density at radius 1 is 1.80 bits per heavy atom. The maximum absolute atomic E-state index is 10.5. The quantitative estimate of drug-likeness (QED) is 0.472. The summed E-state index contributed by atoms with van der Waals surface area (Å²) in [5.74, 6) is -0.993. The fourth-order valence-corrected chi connectivity index (χ4v) is 1.13. The number of hydrogen-bond donors (Lipinski definition) is 3. The standard InChI is InChI=1S/C7H10N4O4/c8-4(1-2-6(12)13)7-5(11(14)15)3-9-10-7/h3-4H,1-2,8H2,(H,9,10)(H,12,13). The summed E-state index contributed by atoms with van der Waals surface area (Å²) in [6, 6.07) is -0.719. The number of H-pyrrole nitrogens is 1. The number of aromatic nitrogens is 2. The van der Waals surface area contributed by atoms with E-state index in [0.717, 1.165) is 6.20 Å². The molecule has 0 spiro atoms. The molecule has 1 rings (SSSR count). The number of aliphatic carboxylic acids is 1. The predicted molar refractivity (Wildman–Crippen MR) is 49.0 cm³/mol. The van der Waals surface area contributed by atoms with Crippen LogP contribution in [0, 0.1) is 10.1 Å². The van der Waals surface area contributed by atoms with Gasteiger partial charge in [0.25, 0.3) is 0 Å². The Hall–Kier alpha value is -1.96. The van der Waals surface area contributed by atoms with E-state index >= 15 is 0 Å². The van der Waals surface area contributed by atoms with E-state index in [-0.39, 0.29) is 24.2 Å². The van der Waals surface area contributed by atoms with Crippen molar-refractivity contribution in [2.24, 2.45) is 5.73 Å². The fraction of sp³-hybridized carbons (Fsp3) is 0.429. The van der Waals surface area contributed by atoms with E-state index < -0.39 is 16.9 Å². The summed E-state index contributed by atoms with van der Waals surface area (Å²) in [5.41, 5.74) is 5.53. The lowest BCUT2D eigenvalue weighted by Gasteiger charge is -2.06. The van der Waals surface area contributed by atoms with Gasteiger partial charge >= 0.3 is 11.7 Å². The molecule has 1 aromatic rings. The number of nitrogens with two attached hydrogens (primary N) is 1. The minimum absolute atomic E-state index is 0.123. The Morgan fingerprint density at radius 2 is 2.47 bits per heavy atom. The highest BCUT2D eigenvalue weighted by Crippen LogP contribution is 2.23. The lowest BCUT2D eigenvalue weighted by atomic mass is 10.1. The Morgan fingerprint density at radius 3 is 3.00 bits per heavy atom. The van der Waals surface area contributed by atoms with Crippen LogP contribution in [0.25, 0.3) is 0 Å². The molecule has 0 saturated heterocycles. The molecule has 8 nitrogen and oxygen atoms in total. The van der Waals surface area contributed by atoms with Crippen LogP contribution in [0.3, 0.4) is 0 Å². The van der Waals surface area contributed by atoms with Crippen molar-refractivity contribution in [2.75, 3.05) is 0 Å². The molecule has 0 fully saturated rings. The van der Waals surface area contributed by atoms with Gasteiger partial charge in [-0.25, -0.2) is 0 Å². The molecule has 0 radical (unpaired) electrons. The van der Waals surface area contributed by atoms with Crippen molar-refractivity contribution in [2.45, 2.75) is 18.9 Å². The maximum Gasteiger partial charge on any atom is 0.311 e. The van der Waals surface area contributed by atoms with Gasteiger partial charge in [0.1, 0.15) is 11.9 Å². The number of carboxylic acid groups (broad SMARTS) is 1. The summed E-state index contributed by atoms with van der Waals surface area (Å²) in [5, 5.41) is 24.8. The van der Waals surface area contributed by atoms with Crippen LogP contribution in [0.4, 0.5) is 5.69 Å². The van der Waals surface area contributed by atoms with Gasteiger partial charge in [-0.1, -0.05) is 0 Å². The van der Waals surface area contributed by atoms with Crippen molar-refractivity contribution in [3.63, 3.8) is 0 Å². The highest BCUT2D eigenvalue weighted by molar-refractivity contribution is 5.66. The molecule has 0 bridgehead atoms. The number of carbonyl (C=O) groups is 1. The van der Waals surface area contributed by atoms with Crippen molar-refractivity contribution < 1.29 is 14.8 Å². The fourth-order valence-electron chi connectivity index (χ4n) is 1.13. The van der Waals surface area contributed by atoms with Gasteiger partial charge in [-0.2, -0.15) is 5.10 Å². The molecule has 1 heterocycles. The van der Waals surface area contributed by atoms with Crippen LogP contribution in [0.1, 0.15) is 24.6 Å². The summed E-state index contributed by atoms with van der Waals surface area (Å²) >= 11 is 0. The second-order valence-corrected chi connectivity index (χ2v) is 2.96. The van der Waals surface area contributed by atoms with E-state index in [9.17, 15) is 14.9 Å². The van der Waals surface area contributed by atoms with Crippen LogP contribution in [-0.4, -0.2) is 26.2 Å². The molecule has 0 aliphatic heterocycles. The average Bonchev–Trinajstić information content (AvgIpc) is 2.62. The number of hydrogen-bond acceptors (Lipinski definition) is 5. The molecule has 0 aromatic carbocycles. The van der Waals surface area contributed by atoms with Crippen LogP contribution >= 0.6 is 0 Å². The Bertz CT molecular complexity index is 375. The van der Waals surface area contributed by atoms with Crippen LogP contribution in [0.2, 0.25) is 0 Å². The monoisotopic (exact) mass is 214 g/mol. The van der Waals surface area contributed by atoms with Gasteiger partial charge in [0, 0.05) is 6.42 Å². The van der Waals surface area contributed by atoms with Crippen LogP contribution in [0.5, 0.6) is 0 Å². The van der Waals surface area contributed by atoms with Crippen molar-refractivity contribution in [3.05, 3.63) is 22.0 Å². The number of aromatic amines is 1. The topological polar surface area (TPSA) is 135 Å². The van der Waals surface area contributed by atoms with Crippen molar-refractivity contribution in [1.29, 1.82) is 0 Å². The summed E-state index contributed by atoms with van der Waals surface area (Å²) < 4.78 is 0. The van der Waals surface area contributed by atoms with Gasteiger partial charge in [0.15, 0.2) is 0 Å². The third-order valence-electron chi connectivity index (χ3n) is 1.88. The lowest BCUT2D eigenvalue weighted by Crippen LogP contribution is -2.14. The van der Waals surface area contributed by atoms with Gasteiger partial charge in [0.2, 0.25) is 0 Å². The number of nitrogens with one attached hydrogen (secondary N) is 1. The molecule has 8 heteroatoms. The highest BCUT2D eigenvalue weighted by atomic mass is 16.6. The second kappa shape index (κ2) is 4.51.